The molecule has 0 atom stereocenters. The number of amides is 1. The SMILES string of the molecule is Cc1ccc(NC(=O)c2cncc(Nc3cccc(Br)c3)c2)c(C)c1. The number of carbonyl (C=O) groups is 1. The van der Waals surface area contributed by atoms with Crippen molar-refractivity contribution in [3.05, 3.63) is 82.1 Å². The van der Waals surface area contributed by atoms with Crippen LogP contribution in [-0.4, -0.2) is 10.9 Å². The van der Waals surface area contributed by atoms with Crippen LogP contribution in [0.1, 0.15) is 21.5 Å². The molecular formula is C20H18BrN3O. The van der Waals surface area contributed by atoms with E-state index in [2.05, 4.69) is 31.5 Å². The van der Waals surface area contributed by atoms with Crippen molar-refractivity contribution >= 4 is 38.9 Å². The number of anilines is 3. The standard InChI is InChI=1S/C20H18BrN3O/c1-13-6-7-19(14(2)8-13)24-20(25)15-9-18(12-22-11-15)23-17-5-3-4-16(21)10-17/h3-12,23H,1-2H3,(H,24,25). The Hall–Kier alpha value is -2.66. The molecule has 0 fully saturated rings. The van der Waals surface area contributed by atoms with Gasteiger partial charge >= 0.3 is 0 Å². The highest BCUT2D eigenvalue weighted by Gasteiger charge is 2.09. The quantitative estimate of drug-likeness (QED) is 0.616. The van der Waals surface area contributed by atoms with Gasteiger partial charge in [-0.1, -0.05) is 39.7 Å². The number of pyridine rings is 1. The molecule has 2 aromatic carbocycles. The second-order valence-electron chi connectivity index (χ2n) is 5.87. The van der Waals surface area contributed by atoms with Crippen LogP contribution in [0.4, 0.5) is 17.1 Å². The van der Waals surface area contributed by atoms with E-state index in [-0.39, 0.29) is 5.91 Å². The molecule has 0 unspecified atom stereocenters. The monoisotopic (exact) mass is 395 g/mol. The van der Waals surface area contributed by atoms with E-state index in [4.69, 9.17) is 0 Å². The Kier molecular flexibility index (Phi) is 5.14. The van der Waals surface area contributed by atoms with Gasteiger partial charge in [-0.15, -0.1) is 0 Å². The Morgan fingerprint density at radius 2 is 1.84 bits per heavy atom. The number of nitrogens with zero attached hydrogens (tertiary/aromatic N) is 1. The van der Waals surface area contributed by atoms with E-state index in [1.807, 2.05) is 56.3 Å². The first-order valence-corrected chi connectivity index (χ1v) is 8.67. The highest BCUT2D eigenvalue weighted by Crippen LogP contribution is 2.21. The summed E-state index contributed by atoms with van der Waals surface area (Å²) in [6.07, 6.45) is 3.25. The molecule has 1 heterocycles. The molecule has 0 aliphatic heterocycles. The summed E-state index contributed by atoms with van der Waals surface area (Å²) in [6, 6.07) is 15.5. The van der Waals surface area contributed by atoms with Crippen LogP contribution in [0, 0.1) is 13.8 Å². The number of hydrogen-bond acceptors (Lipinski definition) is 3. The summed E-state index contributed by atoms with van der Waals surface area (Å²) in [7, 11) is 0. The Labute approximate surface area is 155 Å². The zero-order valence-corrected chi connectivity index (χ0v) is 15.6. The number of carbonyl (C=O) groups excluding carboxylic acids is 1. The van der Waals surface area contributed by atoms with Gasteiger partial charge in [0.2, 0.25) is 0 Å². The van der Waals surface area contributed by atoms with Crippen molar-refractivity contribution in [1.29, 1.82) is 0 Å². The molecule has 126 valence electrons. The largest absolute Gasteiger partial charge is 0.354 e. The number of aromatic nitrogens is 1. The predicted octanol–water partition coefficient (Wildman–Crippen LogP) is 5.46. The van der Waals surface area contributed by atoms with Gasteiger partial charge in [0.15, 0.2) is 0 Å². The van der Waals surface area contributed by atoms with Crippen LogP contribution in [0.15, 0.2) is 65.4 Å². The molecule has 0 aliphatic carbocycles. The molecule has 5 heteroatoms. The van der Waals surface area contributed by atoms with Gasteiger partial charge in [-0.25, -0.2) is 0 Å². The maximum Gasteiger partial charge on any atom is 0.257 e. The summed E-state index contributed by atoms with van der Waals surface area (Å²) in [5, 5.41) is 6.19. The molecule has 25 heavy (non-hydrogen) atoms. The molecule has 1 aromatic heterocycles. The summed E-state index contributed by atoms with van der Waals surface area (Å²) in [5.74, 6) is -0.183. The van der Waals surface area contributed by atoms with Crippen molar-refractivity contribution in [3.63, 3.8) is 0 Å². The molecular weight excluding hydrogens is 378 g/mol. The Bertz CT molecular complexity index is 924. The van der Waals surface area contributed by atoms with Crippen LogP contribution in [0.3, 0.4) is 0 Å². The number of halogens is 1. The predicted molar refractivity (Wildman–Crippen MR) is 106 cm³/mol. The van der Waals surface area contributed by atoms with Gasteiger partial charge in [0.1, 0.15) is 0 Å². The average Bonchev–Trinajstić information content (AvgIpc) is 2.57. The third kappa shape index (κ3) is 4.45. The van der Waals surface area contributed by atoms with Gasteiger partial charge in [-0.05, 0) is 49.7 Å². The fourth-order valence-corrected chi connectivity index (χ4v) is 2.91. The van der Waals surface area contributed by atoms with E-state index in [1.54, 1.807) is 18.5 Å². The molecule has 0 aliphatic rings. The second kappa shape index (κ2) is 7.49. The normalized spacial score (nSPS) is 10.4. The smallest absolute Gasteiger partial charge is 0.257 e. The molecule has 1 amide bonds. The molecule has 3 aromatic rings. The van der Waals surface area contributed by atoms with E-state index in [1.165, 1.54) is 0 Å². The lowest BCUT2D eigenvalue weighted by Gasteiger charge is -2.11. The molecule has 0 radical (unpaired) electrons. The topological polar surface area (TPSA) is 54.0 Å². The summed E-state index contributed by atoms with van der Waals surface area (Å²) in [6.45, 7) is 4.01. The lowest BCUT2D eigenvalue weighted by atomic mass is 10.1. The van der Waals surface area contributed by atoms with Crippen LogP contribution in [0.25, 0.3) is 0 Å². The van der Waals surface area contributed by atoms with Gasteiger partial charge in [0.25, 0.3) is 5.91 Å². The highest BCUT2D eigenvalue weighted by atomic mass is 79.9. The molecule has 3 rings (SSSR count). The van der Waals surface area contributed by atoms with Crippen LogP contribution in [0.5, 0.6) is 0 Å². The lowest BCUT2D eigenvalue weighted by molar-refractivity contribution is 0.102. The van der Waals surface area contributed by atoms with Crippen molar-refractivity contribution in [2.75, 3.05) is 10.6 Å². The summed E-state index contributed by atoms with van der Waals surface area (Å²) in [5.41, 5.74) is 5.18. The zero-order valence-electron chi connectivity index (χ0n) is 14.0. The molecule has 0 spiro atoms. The minimum Gasteiger partial charge on any atom is -0.354 e. The van der Waals surface area contributed by atoms with Crippen molar-refractivity contribution in [3.8, 4) is 0 Å². The minimum absolute atomic E-state index is 0.183. The average molecular weight is 396 g/mol. The second-order valence-corrected chi connectivity index (χ2v) is 6.79. The van der Waals surface area contributed by atoms with E-state index in [0.29, 0.717) is 5.56 Å². The number of nitrogens with one attached hydrogen (secondary N) is 2. The first kappa shape index (κ1) is 17.2. The Morgan fingerprint density at radius 1 is 1.00 bits per heavy atom. The van der Waals surface area contributed by atoms with Gasteiger partial charge in [0, 0.05) is 22.0 Å². The van der Waals surface area contributed by atoms with Gasteiger partial charge in [-0.3, -0.25) is 9.78 Å². The van der Waals surface area contributed by atoms with Crippen LogP contribution in [0.2, 0.25) is 0 Å². The minimum atomic E-state index is -0.183. The van der Waals surface area contributed by atoms with Crippen LogP contribution in [-0.2, 0) is 0 Å². The fourth-order valence-electron chi connectivity index (χ4n) is 2.51. The van der Waals surface area contributed by atoms with Gasteiger partial charge in [0.05, 0.1) is 17.4 Å². The first-order valence-electron chi connectivity index (χ1n) is 7.87. The summed E-state index contributed by atoms with van der Waals surface area (Å²) < 4.78 is 0.981. The zero-order chi connectivity index (χ0) is 17.8. The Morgan fingerprint density at radius 3 is 2.60 bits per heavy atom. The molecule has 4 nitrogen and oxygen atoms in total. The molecule has 0 saturated carbocycles. The third-order valence-corrected chi connectivity index (χ3v) is 4.24. The Balaban J connectivity index is 1.77. The number of hydrogen-bond donors (Lipinski definition) is 2. The fraction of sp³-hybridized carbons (Fsp3) is 0.100. The maximum absolute atomic E-state index is 12.5. The van der Waals surface area contributed by atoms with E-state index in [9.17, 15) is 4.79 Å². The van der Waals surface area contributed by atoms with E-state index >= 15 is 0 Å². The lowest BCUT2D eigenvalue weighted by Crippen LogP contribution is -2.13. The van der Waals surface area contributed by atoms with Gasteiger partial charge in [-0.2, -0.15) is 0 Å². The highest BCUT2D eigenvalue weighted by molar-refractivity contribution is 9.10. The van der Waals surface area contributed by atoms with E-state index in [0.717, 1.165) is 32.7 Å². The maximum atomic E-state index is 12.5. The molecule has 0 saturated heterocycles. The molecule has 0 bridgehead atoms. The number of aryl methyl sites for hydroxylation is 2. The van der Waals surface area contributed by atoms with Crippen molar-refractivity contribution in [1.82, 2.24) is 4.98 Å². The van der Waals surface area contributed by atoms with Crippen LogP contribution >= 0.6 is 15.9 Å². The van der Waals surface area contributed by atoms with Crippen molar-refractivity contribution in [2.24, 2.45) is 0 Å². The van der Waals surface area contributed by atoms with Crippen LogP contribution < -0.4 is 10.6 Å². The first-order chi connectivity index (χ1) is 12.0. The van der Waals surface area contributed by atoms with E-state index < -0.39 is 0 Å². The van der Waals surface area contributed by atoms with Crippen molar-refractivity contribution in [2.45, 2.75) is 13.8 Å². The summed E-state index contributed by atoms with van der Waals surface area (Å²) >= 11 is 3.44. The van der Waals surface area contributed by atoms with Crippen molar-refractivity contribution < 1.29 is 4.79 Å². The third-order valence-electron chi connectivity index (χ3n) is 3.74. The molecule has 2 N–H and O–H groups in total. The number of benzene rings is 2. The number of rotatable bonds is 4. The van der Waals surface area contributed by atoms with Gasteiger partial charge < -0.3 is 10.6 Å². The summed E-state index contributed by atoms with van der Waals surface area (Å²) in [4.78, 5) is 16.7.